The lowest BCUT2D eigenvalue weighted by atomic mass is 10.0. The first-order chi connectivity index (χ1) is 8.77. The molecule has 0 amide bonds. The number of hydrogen-bond acceptors (Lipinski definition) is 4. The first kappa shape index (κ1) is 14.0. The Kier molecular flexibility index (Phi) is 6.25. The first-order valence-electron chi connectivity index (χ1n) is 5.66. The predicted molar refractivity (Wildman–Crippen MR) is 68.2 cm³/mol. The molecule has 0 saturated carbocycles. The molecule has 4 heteroatoms. The minimum atomic E-state index is -0.700. The van der Waals surface area contributed by atoms with Crippen LogP contribution in [0.2, 0.25) is 0 Å². The second kappa shape index (κ2) is 8.06. The molecule has 0 N–H and O–H groups in total. The van der Waals surface area contributed by atoms with Crippen LogP contribution in [0.5, 0.6) is 0 Å². The Morgan fingerprint density at radius 3 is 2.83 bits per heavy atom. The fraction of sp³-hybridized carbons (Fsp3) is 0.286. The summed E-state index contributed by atoms with van der Waals surface area (Å²) in [5.74, 6) is 0. The van der Waals surface area contributed by atoms with Gasteiger partial charge in [0.1, 0.15) is 12.9 Å². The van der Waals surface area contributed by atoms with E-state index < -0.39 is 6.16 Å². The van der Waals surface area contributed by atoms with Crippen LogP contribution in [0.4, 0.5) is 4.79 Å². The van der Waals surface area contributed by atoms with Gasteiger partial charge in [-0.25, -0.2) is 4.79 Å². The molecule has 0 unspecified atom stereocenters. The summed E-state index contributed by atoms with van der Waals surface area (Å²) in [4.78, 5) is 21.1. The molecule has 0 aliphatic rings. The number of methoxy groups -OCH3 is 1. The molecule has 0 bridgehead atoms. The molecule has 1 rings (SSSR count). The van der Waals surface area contributed by atoms with Crippen LogP contribution in [0.15, 0.2) is 30.3 Å². The summed E-state index contributed by atoms with van der Waals surface area (Å²) in [6.45, 7) is 0.161. The number of carbonyl (C=O) groups excluding carboxylic acids is 2. The number of rotatable bonds is 6. The van der Waals surface area contributed by atoms with Crippen molar-refractivity contribution in [1.82, 2.24) is 0 Å². The molecule has 0 heterocycles. The van der Waals surface area contributed by atoms with Gasteiger partial charge in [0.05, 0.1) is 7.11 Å². The Hall–Kier alpha value is -2.10. The van der Waals surface area contributed by atoms with Crippen molar-refractivity contribution in [3.63, 3.8) is 0 Å². The molecule has 0 spiro atoms. The number of aldehydes is 1. The second-order valence-corrected chi connectivity index (χ2v) is 3.57. The Labute approximate surface area is 106 Å². The van der Waals surface area contributed by atoms with Crippen LogP contribution in [0.1, 0.15) is 17.5 Å². The molecule has 18 heavy (non-hydrogen) atoms. The third kappa shape index (κ3) is 4.82. The van der Waals surface area contributed by atoms with Gasteiger partial charge in [0.25, 0.3) is 0 Å². The number of carbonyl (C=O) groups is 2. The summed E-state index contributed by atoms with van der Waals surface area (Å²) >= 11 is 0. The zero-order chi connectivity index (χ0) is 13.2. The zero-order valence-corrected chi connectivity index (χ0v) is 10.3. The Morgan fingerprint density at radius 2 is 2.11 bits per heavy atom. The lowest BCUT2D eigenvalue weighted by Crippen LogP contribution is -2.03. The maximum atomic E-state index is 10.7. The third-order valence-corrected chi connectivity index (χ3v) is 2.35. The Balaban J connectivity index is 2.57. The van der Waals surface area contributed by atoms with Crippen LogP contribution in [-0.4, -0.2) is 26.2 Å². The van der Waals surface area contributed by atoms with Crippen molar-refractivity contribution in [1.29, 1.82) is 0 Å². The van der Waals surface area contributed by atoms with E-state index in [1.807, 2.05) is 30.3 Å². The van der Waals surface area contributed by atoms with Gasteiger partial charge in [-0.3, -0.25) is 0 Å². The topological polar surface area (TPSA) is 52.6 Å². The molecule has 96 valence electrons. The van der Waals surface area contributed by atoms with Crippen molar-refractivity contribution >= 4 is 18.5 Å². The van der Waals surface area contributed by atoms with Crippen LogP contribution >= 0.6 is 0 Å². The van der Waals surface area contributed by atoms with E-state index in [9.17, 15) is 9.59 Å². The predicted octanol–water partition coefficient (Wildman–Crippen LogP) is 2.61. The fourth-order valence-electron chi connectivity index (χ4n) is 1.49. The molecule has 1 aromatic rings. The van der Waals surface area contributed by atoms with Gasteiger partial charge in [0, 0.05) is 6.42 Å². The standard InChI is InChI=1S/C14H16O4/c1-17-14(16)18-11-5-9-13-7-3-2-6-12(13)8-4-10-15/h2-3,5-7,9-10H,4,8,11H2,1H3/b9-5+. The highest BCUT2D eigenvalue weighted by Gasteiger charge is 1.99. The van der Waals surface area contributed by atoms with E-state index in [-0.39, 0.29) is 6.61 Å². The van der Waals surface area contributed by atoms with Crippen LogP contribution in [0, 0.1) is 0 Å². The van der Waals surface area contributed by atoms with Gasteiger partial charge in [-0.05, 0) is 23.6 Å². The molecular weight excluding hydrogens is 232 g/mol. The summed E-state index contributed by atoms with van der Waals surface area (Å²) in [6, 6.07) is 7.78. The maximum absolute atomic E-state index is 10.7. The van der Waals surface area contributed by atoms with Gasteiger partial charge in [0.2, 0.25) is 0 Å². The molecule has 0 atom stereocenters. The highest BCUT2D eigenvalue weighted by molar-refractivity contribution is 5.60. The molecule has 0 aromatic heterocycles. The van der Waals surface area contributed by atoms with E-state index in [0.29, 0.717) is 12.8 Å². The summed E-state index contributed by atoms with van der Waals surface area (Å²) in [6.07, 6.45) is 5.01. The monoisotopic (exact) mass is 248 g/mol. The molecule has 0 radical (unpaired) electrons. The van der Waals surface area contributed by atoms with Crippen LogP contribution in [-0.2, 0) is 20.7 Å². The SMILES string of the molecule is COC(=O)OC/C=C/c1ccccc1CCC=O. The normalized spacial score (nSPS) is 10.3. The van der Waals surface area contributed by atoms with E-state index in [1.165, 1.54) is 7.11 Å². The van der Waals surface area contributed by atoms with Crippen molar-refractivity contribution < 1.29 is 19.1 Å². The van der Waals surface area contributed by atoms with Crippen molar-refractivity contribution in [2.45, 2.75) is 12.8 Å². The van der Waals surface area contributed by atoms with Gasteiger partial charge in [-0.1, -0.05) is 30.3 Å². The van der Waals surface area contributed by atoms with Gasteiger partial charge in [-0.2, -0.15) is 0 Å². The minimum Gasteiger partial charge on any atom is -0.438 e. The largest absolute Gasteiger partial charge is 0.508 e. The van der Waals surface area contributed by atoms with Crippen LogP contribution in [0.3, 0.4) is 0 Å². The van der Waals surface area contributed by atoms with E-state index in [0.717, 1.165) is 17.4 Å². The Bertz CT molecular complexity index is 424. The van der Waals surface area contributed by atoms with E-state index in [2.05, 4.69) is 4.74 Å². The van der Waals surface area contributed by atoms with Crippen molar-refractivity contribution in [3.05, 3.63) is 41.5 Å². The highest BCUT2D eigenvalue weighted by Crippen LogP contribution is 2.12. The molecule has 0 saturated heterocycles. The summed E-state index contributed by atoms with van der Waals surface area (Å²) in [5, 5.41) is 0. The molecule has 4 nitrogen and oxygen atoms in total. The second-order valence-electron chi connectivity index (χ2n) is 3.57. The lowest BCUT2D eigenvalue weighted by Gasteiger charge is -2.03. The fourth-order valence-corrected chi connectivity index (χ4v) is 1.49. The minimum absolute atomic E-state index is 0.161. The lowest BCUT2D eigenvalue weighted by molar-refractivity contribution is -0.107. The average molecular weight is 248 g/mol. The quantitative estimate of drug-likeness (QED) is 0.573. The van der Waals surface area contributed by atoms with Crippen molar-refractivity contribution in [2.75, 3.05) is 13.7 Å². The number of hydrogen-bond donors (Lipinski definition) is 0. The summed E-state index contributed by atoms with van der Waals surface area (Å²) in [5.41, 5.74) is 2.12. The van der Waals surface area contributed by atoms with Crippen molar-refractivity contribution in [2.24, 2.45) is 0 Å². The molecular formula is C14H16O4. The van der Waals surface area contributed by atoms with E-state index in [4.69, 9.17) is 4.74 Å². The highest BCUT2D eigenvalue weighted by atomic mass is 16.7. The van der Waals surface area contributed by atoms with Crippen molar-refractivity contribution in [3.8, 4) is 0 Å². The average Bonchev–Trinajstić information content (AvgIpc) is 2.42. The van der Waals surface area contributed by atoms with Crippen LogP contribution < -0.4 is 0 Å². The Morgan fingerprint density at radius 1 is 1.33 bits per heavy atom. The maximum Gasteiger partial charge on any atom is 0.508 e. The third-order valence-electron chi connectivity index (χ3n) is 2.35. The zero-order valence-electron chi connectivity index (χ0n) is 10.3. The molecule has 0 aliphatic heterocycles. The molecule has 0 fully saturated rings. The number of benzene rings is 1. The van der Waals surface area contributed by atoms with Crippen LogP contribution in [0.25, 0.3) is 6.08 Å². The van der Waals surface area contributed by atoms with Gasteiger partial charge in [-0.15, -0.1) is 0 Å². The molecule has 1 aromatic carbocycles. The van der Waals surface area contributed by atoms with Gasteiger partial charge >= 0.3 is 6.16 Å². The first-order valence-corrected chi connectivity index (χ1v) is 5.66. The van der Waals surface area contributed by atoms with E-state index >= 15 is 0 Å². The number of ether oxygens (including phenoxy) is 2. The van der Waals surface area contributed by atoms with Gasteiger partial charge < -0.3 is 14.3 Å². The number of aryl methyl sites for hydroxylation is 1. The summed E-state index contributed by atoms with van der Waals surface area (Å²) < 4.78 is 9.08. The smallest absolute Gasteiger partial charge is 0.438 e. The summed E-state index contributed by atoms with van der Waals surface area (Å²) in [7, 11) is 1.26. The van der Waals surface area contributed by atoms with Gasteiger partial charge in [0.15, 0.2) is 0 Å². The van der Waals surface area contributed by atoms with E-state index in [1.54, 1.807) is 6.08 Å². The molecule has 0 aliphatic carbocycles.